The zero-order valence-electron chi connectivity index (χ0n) is 16.1. The molecule has 8 heteroatoms. The van der Waals surface area contributed by atoms with Crippen molar-refractivity contribution < 1.29 is 17.9 Å². The van der Waals surface area contributed by atoms with Crippen LogP contribution in [-0.2, 0) is 19.6 Å². The number of carbonyl (C=O) groups is 1. The molecule has 0 saturated carbocycles. The summed E-state index contributed by atoms with van der Waals surface area (Å²) in [5.74, 6) is -0.396. The summed E-state index contributed by atoms with van der Waals surface area (Å²) in [6.07, 6.45) is 1.10. The lowest BCUT2D eigenvalue weighted by atomic mass is 10.2. The topological polar surface area (TPSA) is 79.0 Å². The van der Waals surface area contributed by atoms with Crippen LogP contribution in [0.5, 0.6) is 0 Å². The summed E-state index contributed by atoms with van der Waals surface area (Å²) in [6, 6.07) is 14.6. The largest absolute Gasteiger partial charge is 0.378 e. The molecule has 0 atom stereocenters. The van der Waals surface area contributed by atoms with Crippen molar-refractivity contribution in [2.24, 2.45) is 0 Å². The molecule has 150 valence electrons. The number of aryl methyl sites for hydroxylation is 1. The van der Waals surface area contributed by atoms with Gasteiger partial charge in [0.15, 0.2) is 0 Å². The van der Waals surface area contributed by atoms with Crippen molar-refractivity contribution in [3.8, 4) is 0 Å². The standard InChI is InChI=1S/C20H25N3O4S/c1-16-5-3-4-6-19(16)23(28(2,25)26)15-20(24)21-17-7-9-18(10-8-17)22-11-13-27-14-12-22/h3-10H,11-15H2,1-2H3,(H,21,24). The fourth-order valence-electron chi connectivity index (χ4n) is 3.13. The van der Waals surface area contributed by atoms with Gasteiger partial charge in [-0.05, 0) is 42.8 Å². The zero-order chi connectivity index (χ0) is 20.1. The number of morpholine rings is 1. The van der Waals surface area contributed by atoms with Crippen molar-refractivity contribution in [3.05, 3.63) is 54.1 Å². The van der Waals surface area contributed by atoms with Gasteiger partial charge in [0.25, 0.3) is 0 Å². The smallest absolute Gasteiger partial charge is 0.245 e. The van der Waals surface area contributed by atoms with Gasteiger partial charge in [-0.1, -0.05) is 18.2 Å². The molecule has 0 unspecified atom stereocenters. The number of ether oxygens (including phenoxy) is 1. The molecule has 1 saturated heterocycles. The summed E-state index contributed by atoms with van der Waals surface area (Å²) in [7, 11) is -3.60. The van der Waals surface area contributed by atoms with Crippen molar-refractivity contribution in [2.75, 3.05) is 53.6 Å². The van der Waals surface area contributed by atoms with Crippen molar-refractivity contribution in [2.45, 2.75) is 6.92 Å². The Hall–Kier alpha value is -2.58. The third-order valence-electron chi connectivity index (χ3n) is 4.60. The van der Waals surface area contributed by atoms with Crippen LogP contribution in [0.25, 0.3) is 0 Å². The fraction of sp³-hybridized carbons (Fsp3) is 0.350. The van der Waals surface area contributed by atoms with Crippen LogP contribution in [0.15, 0.2) is 48.5 Å². The number of nitrogens with zero attached hydrogens (tertiary/aromatic N) is 2. The van der Waals surface area contributed by atoms with Crippen LogP contribution in [-0.4, -0.2) is 53.4 Å². The Morgan fingerprint density at radius 3 is 2.36 bits per heavy atom. The van der Waals surface area contributed by atoms with Gasteiger partial charge >= 0.3 is 0 Å². The molecule has 2 aromatic rings. The molecule has 1 fully saturated rings. The monoisotopic (exact) mass is 403 g/mol. The highest BCUT2D eigenvalue weighted by Crippen LogP contribution is 2.23. The summed E-state index contributed by atoms with van der Waals surface area (Å²) in [5, 5.41) is 2.78. The molecule has 1 aliphatic rings. The van der Waals surface area contributed by atoms with Crippen molar-refractivity contribution in [1.29, 1.82) is 0 Å². The summed E-state index contributed by atoms with van der Waals surface area (Å²) in [6.45, 7) is 4.62. The molecule has 0 spiro atoms. The first-order valence-electron chi connectivity index (χ1n) is 9.10. The molecular formula is C20H25N3O4S. The molecule has 1 N–H and O–H groups in total. The molecule has 7 nitrogen and oxygen atoms in total. The molecule has 0 radical (unpaired) electrons. The Morgan fingerprint density at radius 2 is 1.75 bits per heavy atom. The van der Waals surface area contributed by atoms with Crippen LogP contribution in [0.4, 0.5) is 17.1 Å². The predicted molar refractivity (Wildman–Crippen MR) is 111 cm³/mol. The van der Waals surface area contributed by atoms with Crippen LogP contribution < -0.4 is 14.5 Å². The van der Waals surface area contributed by atoms with Gasteiger partial charge in [0.05, 0.1) is 25.2 Å². The minimum absolute atomic E-state index is 0.283. The van der Waals surface area contributed by atoms with Crippen LogP contribution in [0.1, 0.15) is 5.56 Å². The van der Waals surface area contributed by atoms with E-state index in [-0.39, 0.29) is 6.54 Å². The van der Waals surface area contributed by atoms with Gasteiger partial charge in [-0.2, -0.15) is 0 Å². The van der Waals surface area contributed by atoms with Crippen LogP contribution in [0, 0.1) is 6.92 Å². The van der Waals surface area contributed by atoms with Crippen LogP contribution >= 0.6 is 0 Å². The van der Waals surface area contributed by atoms with E-state index in [1.165, 1.54) is 0 Å². The molecule has 1 aliphatic heterocycles. The molecule has 0 bridgehead atoms. The Morgan fingerprint density at radius 1 is 1.11 bits per heavy atom. The first-order valence-corrected chi connectivity index (χ1v) is 11.0. The molecule has 2 aromatic carbocycles. The SMILES string of the molecule is Cc1ccccc1N(CC(=O)Nc1ccc(N2CCOCC2)cc1)S(C)(=O)=O. The van der Waals surface area contributed by atoms with Gasteiger partial charge in [-0.25, -0.2) is 8.42 Å². The highest BCUT2D eigenvalue weighted by molar-refractivity contribution is 7.92. The Balaban J connectivity index is 1.68. The quantitative estimate of drug-likeness (QED) is 0.800. The second-order valence-electron chi connectivity index (χ2n) is 6.75. The number of benzene rings is 2. The van der Waals surface area contributed by atoms with E-state index in [1.807, 2.05) is 43.3 Å². The highest BCUT2D eigenvalue weighted by atomic mass is 32.2. The number of para-hydroxylation sites is 1. The molecular weight excluding hydrogens is 378 g/mol. The Bertz CT molecular complexity index is 923. The van der Waals surface area contributed by atoms with E-state index >= 15 is 0 Å². The first-order chi connectivity index (χ1) is 13.3. The van der Waals surface area contributed by atoms with Gasteiger partial charge in [-0.3, -0.25) is 9.10 Å². The highest BCUT2D eigenvalue weighted by Gasteiger charge is 2.22. The summed E-state index contributed by atoms with van der Waals surface area (Å²) < 4.78 is 30.9. The lowest BCUT2D eigenvalue weighted by Crippen LogP contribution is -2.38. The summed E-state index contributed by atoms with van der Waals surface area (Å²) >= 11 is 0. The number of anilines is 3. The first kappa shape index (κ1) is 20.2. The number of nitrogens with one attached hydrogen (secondary N) is 1. The third-order valence-corrected chi connectivity index (χ3v) is 5.73. The maximum atomic E-state index is 12.5. The van der Waals surface area contributed by atoms with E-state index in [0.717, 1.165) is 34.9 Å². The second-order valence-corrected chi connectivity index (χ2v) is 8.66. The summed E-state index contributed by atoms with van der Waals surface area (Å²) in [4.78, 5) is 14.7. The molecule has 1 amide bonds. The molecule has 0 aromatic heterocycles. The fourth-order valence-corrected chi connectivity index (χ4v) is 4.05. The maximum absolute atomic E-state index is 12.5. The molecule has 3 rings (SSSR count). The van der Waals surface area contributed by atoms with Gasteiger partial charge < -0.3 is 15.0 Å². The number of carbonyl (C=O) groups excluding carboxylic acids is 1. The van der Waals surface area contributed by atoms with Gasteiger partial charge in [-0.15, -0.1) is 0 Å². The number of hydrogen-bond acceptors (Lipinski definition) is 5. The van der Waals surface area contributed by atoms with Gasteiger partial charge in [0.2, 0.25) is 15.9 Å². The normalized spacial score (nSPS) is 14.6. The average molecular weight is 404 g/mol. The number of sulfonamides is 1. The Labute approximate surface area is 166 Å². The maximum Gasteiger partial charge on any atom is 0.245 e. The molecule has 1 heterocycles. The molecule has 0 aliphatic carbocycles. The lowest BCUT2D eigenvalue weighted by Gasteiger charge is -2.29. The third kappa shape index (κ3) is 5.02. The lowest BCUT2D eigenvalue weighted by molar-refractivity contribution is -0.114. The van der Waals surface area contributed by atoms with E-state index in [2.05, 4.69) is 10.2 Å². The molecule has 28 heavy (non-hydrogen) atoms. The zero-order valence-corrected chi connectivity index (χ0v) is 16.9. The van der Waals surface area contributed by atoms with E-state index in [9.17, 15) is 13.2 Å². The van der Waals surface area contributed by atoms with Gasteiger partial charge in [0, 0.05) is 24.5 Å². The van der Waals surface area contributed by atoms with E-state index < -0.39 is 15.9 Å². The second kappa shape index (κ2) is 8.62. The minimum atomic E-state index is -3.60. The number of rotatable bonds is 6. The Kier molecular flexibility index (Phi) is 6.21. The van der Waals surface area contributed by atoms with Gasteiger partial charge in [0.1, 0.15) is 6.54 Å². The average Bonchev–Trinajstić information content (AvgIpc) is 2.67. The van der Waals surface area contributed by atoms with Crippen molar-refractivity contribution in [3.63, 3.8) is 0 Å². The van der Waals surface area contributed by atoms with E-state index in [0.29, 0.717) is 24.6 Å². The summed E-state index contributed by atoms with van der Waals surface area (Å²) in [5.41, 5.74) is 2.98. The predicted octanol–water partition coefficient (Wildman–Crippen LogP) is 2.24. The van der Waals surface area contributed by atoms with Crippen LogP contribution in [0.3, 0.4) is 0 Å². The minimum Gasteiger partial charge on any atom is -0.378 e. The van der Waals surface area contributed by atoms with Crippen molar-refractivity contribution in [1.82, 2.24) is 0 Å². The number of amides is 1. The van der Waals surface area contributed by atoms with Crippen molar-refractivity contribution >= 4 is 33.0 Å². The number of hydrogen-bond donors (Lipinski definition) is 1. The van der Waals surface area contributed by atoms with Crippen LogP contribution in [0.2, 0.25) is 0 Å². The van der Waals surface area contributed by atoms with E-state index in [4.69, 9.17) is 4.74 Å². The van der Waals surface area contributed by atoms with E-state index in [1.54, 1.807) is 12.1 Å².